The number of rotatable bonds is 5. The topological polar surface area (TPSA) is 62.2 Å². The summed E-state index contributed by atoms with van der Waals surface area (Å²) in [4.78, 5) is 18.6. The fourth-order valence-corrected chi connectivity index (χ4v) is 3.77. The maximum atomic E-state index is 14.3. The third-order valence-corrected chi connectivity index (χ3v) is 5.22. The number of hydrogen-bond acceptors (Lipinski definition) is 3. The molecule has 1 saturated heterocycles. The fraction of sp³-hybridized carbons (Fsp3) is 0.474. The van der Waals surface area contributed by atoms with Crippen molar-refractivity contribution in [1.29, 1.82) is 0 Å². The van der Waals surface area contributed by atoms with Crippen LogP contribution in [0.3, 0.4) is 0 Å². The van der Waals surface area contributed by atoms with E-state index in [0.29, 0.717) is 18.3 Å². The lowest BCUT2D eigenvalue weighted by molar-refractivity contribution is 0.233. The van der Waals surface area contributed by atoms with E-state index < -0.39 is 0 Å². The molecular weight excluding hydrogens is 333 g/mol. The van der Waals surface area contributed by atoms with Gasteiger partial charge in [0.1, 0.15) is 5.82 Å². The molecule has 2 fully saturated rings. The van der Waals surface area contributed by atoms with Gasteiger partial charge < -0.3 is 15.2 Å². The van der Waals surface area contributed by atoms with Gasteiger partial charge >= 0.3 is 6.03 Å². The van der Waals surface area contributed by atoms with E-state index in [-0.39, 0.29) is 17.9 Å². The van der Waals surface area contributed by atoms with Crippen molar-refractivity contribution in [1.82, 2.24) is 25.1 Å². The Labute approximate surface area is 152 Å². The summed E-state index contributed by atoms with van der Waals surface area (Å²) in [6.45, 7) is 3.44. The predicted molar refractivity (Wildman–Crippen MR) is 96.5 cm³/mol. The molecule has 2 amide bonds. The maximum absolute atomic E-state index is 14.3. The Morgan fingerprint density at radius 3 is 2.92 bits per heavy atom. The molecule has 138 valence electrons. The Morgan fingerprint density at radius 2 is 2.23 bits per heavy atom. The van der Waals surface area contributed by atoms with E-state index in [2.05, 4.69) is 27.4 Å². The summed E-state index contributed by atoms with van der Waals surface area (Å²) in [7, 11) is 0. The molecule has 1 aliphatic heterocycles. The van der Waals surface area contributed by atoms with Crippen LogP contribution in [0.25, 0.3) is 5.69 Å². The number of nitrogens with one attached hydrogen (secondary N) is 2. The Balaban J connectivity index is 1.28. The van der Waals surface area contributed by atoms with Crippen LogP contribution in [-0.2, 0) is 6.54 Å². The first-order valence-corrected chi connectivity index (χ1v) is 9.17. The number of nitrogens with zero attached hydrogens (tertiary/aromatic N) is 3. The molecule has 2 heterocycles. The van der Waals surface area contributed by atoms with Crippen molar-refractivity contribution in [2.75, 3.05) is 6.54 Å². The third kappa shape index (κ3) is 3.72. The lowest BCUT2D eigenvalue weighted by Crippen LogP contribution is -2.43. The van der Waals surface area contributed by atoms with E-state index in [0.717, 1.165) is 24.6 Å². The van der Waals surface area contributed by atoms with E-state index in [1.54, 1.807) is 29.4 Å². The van der Waals surface area contributed by atoms with Crippen molar-refractivity contribution in [3.05, 3.63) is 48.3 Å². The standard InChI is InChI=1S/C19H24FN5O/c1-13-8-15(11-25(13)16-3-4-16)23-19(26)22-10-14-2-5-18(17(20)9-14)24-7-6-21-12-24/h2,5-7,9,12-13,15-16H,3-4,8,10-11H2,1H3,(H2,22,23,26). The first-order chi connectivity index (χ1) is 12.6. The summed E-state index contributed by atoms with van der Waals surface area (Å²) < 4.78 is 15.9. The number of likely N-dealkylation sites (tertiary alicyclic amines) is 1. The monoisotopic (exact) mass is 357 g/mol. The number of urea groups is 1. The van der Waals surface area contributed by atoms with Crippen LogP contribution >= 0.6 is 0 Å². The Bertz CT molecular complexity index is 774. The van der Waals surface area contributed by atoms with Gasteiger partial charge in [0.2, 0.25) is 0 Å². The average molecular weight is 357 g/mol. The van der Waals surface area contributed by atoms with Crippen LogP contribution in [0, 0.1) is 5.82 Å². The van der Waals surface area contributed by atoms with Crippen LogP contribution in [0.15, 0.2) is 36.9 Å². The number of hydrogen-bond donors (Lipinski definition) is 2. The molecule has 1 aliphatic carbocycles. The highest BCUT2D eigenvalue weighted by Crippen LogP contribution is 2.33. The molecule has 0 spiro atoms. The summed E-state index contributed by atoms with van der Waals surface area (Å²) >= 11 is 0. The molecule has 4 rings (SSSR count). The van der Waals surface area contributed by atoms with Gasteiger partial charge in [-0.3, -0.25) is 4.90 Å². The van der Waals surface area contributed by atoms with Crippen molar-refractivity contribution >= 4 is 6.03 Å². The van der Waals surface area contributed by atoms with Gasteiger partial charge in [-0.1, -0.05) is 6.07 Å². The lowest BCUT2D eigenvalue weighted by Gasteiger charge is -2.19. The van der Waals surface area contributed by atoms with Crippen molar-refractivity contribution in [3.63, 3.8) is 0 Å². The molecule has 1 saturated carbocycles. The summed E-state index contributed by atoms with van der Waals surface area (Å²) in [6.07, 6.45) is 8.40. The minimum absolute atomic E-state index is 0.186. The zero-order valence-electron chi connectivity index (χ0n) is 14.9. The SMILES string of the molecule is CC1CC(NC(=O)NCc2ccc(-n3ccnc3)c(F)c2)CN1C1CC1. The first-order valence-electron chi connectivity index (χ1n) is 9.17. The fourth-order valence-electron chi connectivity index (χ4n) is 3.77. The third-order valence-electron chi connectivity index (χ3n) is 5.22. The second-order valence-corrected chi connectivity index (χ2v) is 7.29. The van der Waals surface area contributed by atoms with E-state index >= 15 is 0 Å². The first kappa shape index (κ1) is 17.0. The summed E-state index contributed by atoms with van der Waals surface area (Å²) in [5.41, 5.74) is 1.16. The van der Waals surface area contributed by atoms with Crippen molar-refractivity contribution < 1.29 is 9.18 Å². The number of amides is 2. The molecule has 26 heavy (non-hydrogen) atoms. The zero-order valence-corrected chi connectivity index (χ0v) is 14.9. The molecule has 2 unspecified atom stereocenters. The van der Waals surface area contributed by atoms with Gasteiger partial charge in [0.25, 0.3) is 0 Å². The van der Waals surface area contributed by atoms with E-state index in [1.807, 2.05) is 6.07 Å². The molecular formula is C19H24FN5O. The normalized spacial score (nSPS) is 23.2. The van der Waals surface area contributed by atoms with E-state index in [4.69, 9.17) is 0 Å². The Hall–Kier alpha value is -2.41. The smallest absolute Gasteiger partial charge is 0.315 e. The van der Waals surface area contributed by atoms with Crippen molar-refractivity contribution in [2.24, 2.45) is 0 Å². The molecule has 2 N–H and O–H groups in total. The van der Waals surface area contributed by atoms with Gasteiger partial charge in [-0.15, -0.1) is 0 Å². The van der Waals surface area contributed by atoms with Gasteiger partial charge in [0.15, 0.2) is 0 Å². The maximum Gasteiger partial charge on any atom is 0.315 e. The second-order valence-electron chi connectivity index (χ2n) is 7.29. The van der Waals surface area contributed by atoms with Crippen LogP contribution in [0.5, 0.6) is 0 Å². The van der Waals surface area contributed by atoms with Gasteiger partial charge in [-0.25, -0.2) is 14.2 Å². The van der Waals surface area contributed by atoms with E-state index in [9.17, 15) is 9.18 Å². The van der Waals surface area contributed by atoms with Crippen LogP contribution in [0.4, 0.5) is 9.18 Å². The highest BCUT2D eigenvalue weighted by molar-refractivity contribution is 5.74. The molecule has 0 radical (unpaired) electrons. The van der Waals surface area contributed by atoms with Crippen molar-refractivity contribution in [2.45, 2.75) is 50.9 Å². The van der Waals surface area contributed by atoms with Gasteiger partial charge in [0.05, 0.1) is 12.0 Å². The number of imidazole rings is 1. The van der Waals surface area contributed by atoms with Crippen LogP contribution in [0.1, 0.15) is 31.7 Å². The Morgan fingerprint density at radius 1 is 1.38 bits per heavy atom. The molecule has 0 bridgehead atoms. The number of carbonyl (C=O) groups excluding carboxylic acids is 1. The number of carbonyl (C=O) groups is 1. The van der Waals surface area contributed by atoms with Crippen LogP contribution in [0.2, 0.25) is 0 Å². The molecule has 7 heteroatoms. The van der Waals surface area contributed by atoms with Gasteiger partial charge in [-0.2, -0.15) is 0 Å². The molecule has 1 aromatic heterocycles. The molecule has 2 aliphatic rings. The Kier molecular flexibility index (Phi) is 4.63. The zero-order chi connectivity index (χ0) is 18.1. The quantitative estimate of drug-likeness (QED) is 0.864. The molecule has 2 aromatic rings. The van der Waals surface area contributed by atoms with Crippen LogP contribution in [-0.4, -0.2) is 45.2 Å². The number of halogens is 1. The van der Waals surface area contributed by atoms with Crippen molar-refractivity contribution in [3.8, 4) is 5.69 Å². The highest BCUT2D eigenvalue weighted by Gasteiger charge is 2.39. The molecule has 6 nitrogen and oxygen atoms in total. The summed E-state index contributed by atoms with van der Waals surface area (Å²) in [6, 6.07) is 6.19. The molecule has 2 atom stereocenters. The largest absolute Gasteiger partial charge is 0.334 e. The van der Waals surface area contributed by atoms with E-state index in [1.165, 1.54) is 18.9 Å². The molecule has 1 aromatic carbocycles. The lowest BCUT2D eigenvalue weighted by atomic mass is 10.2. The highest BCUT2D eigenvalue weighted by atomic mass is 19.1. The minimum Gasteiger partial charge on any atom is -0.334 e. The summed E-state index contributed by atoms with van der Waals surface area (Å²) in [5, 5.41) is 5.87. The second kappa shape index (κ2) is 7.07. The van der Waals surface area contributed by atoms with Gasteiger partial charge in [-0.05, 0) is 43.9 Å². The minimum atomic E-state index is -0.340. The van der Waals surface area contributed by atoms with Crippen LogP contribution < -0.4 is 10.6 Å². The number of aromatic nitrogens is 2. The predicted octanol–water partition coefficient (Wildman–Crippen LogP) is 2.44. The average Bonchev–Trinajstić information content (AvgIpc) is 3.18. The van der Waals surface area contributed by atoms with Gasteiger partial charge in [0, 0.05) is 43.6 Å². The number of benzene rings is 1. The summed E-state index contributed by atoms with van der Waals surface area (Å²) in [5.74, 6) is -0.340.